The summed E-state index contributed by atoms with van der Waals surface area (Å²) in [5, 5.41) is 2.78. The van der Waals surface area contributed by atoms with E-state index in [9.17, 15) is 9.59 Å². The minimum atomic E-state index is -0.0204. The minimum absolute atomic E-state index is 0.0204. The van der Waals surface area contributed by atoms with E-state index >= 15 is 0 Å². The fraction of sp³-hybridized carbons (Fsp3) is 0.625. The van der Waals surface area contributed by atoms with Crippen molar-refractivity contribution in [2.45, 2.75) is 32.6 Å². The molecule has 0 radical (unpaired) electrons. The second-order valence-corrected chi connectivity index (χ2v) is 6.29. The number of aryl methyl sites for hydroxylation is 1. The lowest BCUT2D eigenvalue weighted by atomic mass is 9.76. The molecular formula is C16H22N2O3. The molecule has 2 atom stereocenters. The predicted octanol–water partition coefficient (Wildman–Crippen LogP) is 1.97. The predicted molar refractivity (Wildman–Crippen MR) is 77.8 cm³/mol. The van der Waals surface area contributed by atoms with E-state index in [1.807, 2.05) is 11.8 Å². The number of nitrogens with zero attached hydrogens (tertiary/aromatic N) is 1. The molecule has 2 heterocycles. The zero-order chi connectivity index (χ0) is 15.0. The van der Waals surface area contributed by atoms with Crippen LogP contribution in [-0.4, -0.2) is 36.9 Å². The standard InChI is InChI=1S/C16H22N2O3/c1-11-12(5-9-21-11)15(20)18-8-7-16(10-18)6-3-4-13(16)14(19)17-2/h5,9,13H,3-4,6-8,10H2,1-2H3,(H,17,19). The smallest absolute Gasteiger partial charge is 0.257 e. The van der Waals surface area contributed by atoms with Crippen molar-refractivity contribution in [2.75, 3.05) is 20.1 Å². The Morgan fingerprint density at radius 3 is 2.90 bits per heavy atom. The molecule has 21 heavy (non-hydrogen) atoms. The molecule has 0 bridgehead atoms. The summed E-state index contributed by atoms with van der Waals surface area (Å²) in [5.74, 6) is 0.864. The topological polar surface area (TPSA) is 62.6 Å². The van der Waals surface area contributed by atoms with Crippen molar-refractivity contribution >= 4 is 11.8 Å². The summed E-state index contributed by atoms with van der Waals surface area (Å²) in [4.78, 5) is 26.6. The Labute approximate surface area is 124 Å². The molecule has 114 valence electrons. The quantitative estimate of drug-likeness (QED) is 0.905. The molecule has 5 nitrogen and oxygen atoms in total. The van der Waals surface area contributed by atoms with Crippen molar-refractivity contribution in [3.63, 3.8) is 0 Å². The van der Waals surface area contributed by atoms with Crippen LogP contribution in [0.4, 0.5) is 0 Å². The molecule has 0 aromatic carbocycles. The number of nitrogens with one attached hydrogen (secondary N) is 1. The van der Waals surface area contributed by atoms with Crippen LogP contribution in [0, 0.1) is 18.3 Å². The van der Waals surface area contributed by atoms with Gasteiger partial charge in [-0.05, 0) is 32.3 Å². The first kappa shape index (κ1) is 14.2. The highest BCUT2D eigenvalue weighted by Crippen LogP contribution is 2.50. The Balaban J connectivity index is 1.77. The van der Waals surface area contributed by atoms with Gasteiger partial charge in [0.15, 0.2) is 0 Å². The van der Waals surface area contributed by atoms with Gasteiger partial charge in [-0.15, -0.1) is 0 Å². The molecule has 2 fully saturated rings. The molecule has 2 unspecified atom stereocenters. The summed E-state index contributed by atoms with van der Waals surface area (Å²) in [7, 11) is 1.70. The maximum atomic E-state index is 12.6. The Kier molecular flexibility index (Phi) is 3.51. The van der Waals surface area contributed by atoms with Crippen LogP contribution < -0.4 is 5.32 Å². The van der Waals surface area contributed by atoms with Gasteiger partial charge in [0.25, 0.3) is 5.91 Å². The first-order valence-electron chi connectivity index (χ1n) is 7.62. The second kappa shape index (κ2) is 5.20. The maximum Gasteiger partial charge on any atom is 0.257 e. The summed E-state index contributed by atoms with van der Waals surface area (Å²) >= 11 is 0. The molecule has 1 aromatic heterocycles. The monoisotopic (exact) mass is 290 g/mol. The molecule has 1 aromatic rings. The summed E-state index contributed by atoms with van der Waals surface area (Å²) in [6.45, 7) is 3.23. The van der Waals surface area contributed by atoms with E-state index in [1.165, 1.54) is 0 Å². The number of hydrogen-bond donors (Lipinski definition) is 1. The third-order valence-corrected chi connectivity index (χ3v) is 5.23. The van der Waals surface area contributed by atoms with Crippen LogP contribution in [0.5, 0.6) is 0 Å². The van der Waals surface area contributed by atoms with Crippen molar-refractivity contribution in [3.05, 3.63) is 23.7 Å². The van der Waals surface area contributed by atoms with Crippen LogP contribution in [0.25, 0.3) is 0 Å². The third kappa shape index (κ3) is 2.24. The van der Waals surface area contributed by atoms with Gasteiger partial charge in [-0.3, -0.25) is 9.59 Å². The fourth-order valence-electron chi connectivity index (χ4n) is 4.06. The van der Waals surface area contributed by atoms with Gasteiger partial charge in [-0.1, -0.05) is 6.42 Å². The molecule has 1 N–H and O–H groups in total. The molecule has 2 aliphatic rings. The van der Waals surface area contributed by atoms with Crippen molar-refractivity contribution in [1.29, 1.82) is 0 Å². The molecule has 1 saturated carbocycles. The first-order valence-corrected chi connectivity index (χ1v) is 7.62. The Hall–Kier alpha value is -1.78. The number of carbonyl (C=O) groups is 2. The first-order chi connectivity index (χ1) is 10.1. The zero-order valence-electron chi connectivity index (χ0n) is 12.6. The lowest BCUT2D eigenvalue weighted by Gasteiger charge is -2.30. The highest BCUT2D eigenvalue weighted by molar-refractivity contribution is 5.95. The zero-order valence-corrected chi connectivity index (χ0v) is 12.6. The van der Waals surface area contributed by atoms with Gasteiger partial charge in [0.1, 0.15) is 5.76 Å². The van der Waals surface area contributed by atoms with Crippen LogP contribution in [0.1, 0.15) is 41.8 Å². The third-order valence-electron chi connectivity index (χ3n) is 5.23. The molecule has 1 aliphatic carbocycles. The van der Waals surface area contributed by atoms with Gasteiger partial charge in [-0.25, -0.2) is 0 Å². The number of rotatable bonds is 2. The summed E-state index contributed by atoms with van der Waals surface area (Å²) in [6.07, 6.45) is 5.53. The molecule has 3 rings (SSSR count). The normalized spacial score (nSPS) is 28.3. The van der Waals surface area contributed by atoms with Crippen LogP contribution in [0.15, 0.2) is 16.7 Å². The summed E-state index contributed by atoms with van der Waals surface area (Å²) in [6, 6.07) is 1.73. The molecule has 1 aliphatic heterocycles. The van der Waals surface area contributed by atoms with Gasteiger partial charge < -0.3 is 14.6 Å². The lowest BCUT2D eigenvalue weighted by molar-refractivity contribution is -0.127. The second-order valence-electron chi connectivity index (χ2n) is 6.29. The Bertz CT molecular complexity index is 566. The van der Waals surface area contributed by atoms with E-state index < -0.39 is 0 Å². The van der Waals surface area contributed by atoms with Gasteiger partial charge in [0.05, 0.1) is 11.8 Å². The van der Waals surface area contributed by atoms with Crippen LogP contribution in [0.2, 0.25) is 0 Å². The molecule has 1 saturated heterocycles. The Morgan fingerprint density at radius 1 is 1.43 bits per heavy atom. The number of furan rings is 1. The average molecular weight is 290 g/mol. The van der Waals surface area contributed by atoms with Crippen molar-refractivity contribution in [1.82, 2.24) is 10.2 Å². The van der Waals surface area contributed by atoms with E-state index in [0.29, 0.717) is 17.9 Å². The maximum absolute atomic E-state index is 12.6. The number of carbonyl (C=O) groups excluding carboxylic acids is 2. The van der Waals surface area contributed by atoms with Crippen LogP contribution in [-0.2, 0) is 4.79 Å². The van der Waals surface area contributed by atoms with Crippen molar-refractivity contribution in [2.24, 2.45) is 11.3 Å². The summed E-state index contributed by atoms with van der Waals surface area (Å²) in [5.41, 5.74) is 0.620. The number of hydrogen-bond acceptors (Lipinski definition) is 3. The molecule has 2 amide bonds. The fourth-order valence-corrected chi connectivity index (χ4v) is 4.06. The average Bonchev–Trinajstić information content (AvgIpc) is 3.19. The Morgan fingerprint density at radius 2 is 2.24 bits per heavy atom. The van der Waals surface area contributed by atoms with E-state index in [-0.39, 0.29) is 23.1 Å². The minimum Gasteiger partial charge on any atom is -0.469 e. The van der Waals surface area contributed by atoms with E-state index in [2.05, 4.69) is 5.32 Å². The highest BCUT2D eigenvalue weighted by atomic mass is 16.3. The highest BCUT2D eigenvalue weighted by Gasteiger charge is 2.51. The van der Waals surface area contributed by atoms with E-state index in [4.69, 9.17) is 4.42 Å². The van der Waals surface area contributed by atoms with E-state index in [0.717, 1.165) is 32.2 Å². The molecule has 5 heteroatoms. The van der Waals surface area contributed by atoms with Gasteiger partial charge >= 0.3 is 0 Å². The van der Waals surface area contributed by atoms with Crippen LogP contribution >= 0.6 is 0 Å². The molecular weight excluding hydrogens is 268 g/mol. The number of likely N-dealkylation sites (tertiary alicyclic amines) is 1. The van der Waals surface area contributed by atoms with Gasteiger partial charge in [-0.2, -0.15) is 0 Å². The van der Waals surface area contributed by atoms with E-state index in [1.54, 1.807) is 19.4 Å². The molecule has 1 spiro atoms. The summed E-state index contributed by atoms with van der Waals surface area (Å²) < 4.78 is 5.23. The van der Waals surface area contributed by atoms with Gasteiger partial charge in [0, 0.05) is 31.5 Å². The SMILES string of the molecule is CNC(=O)C1CCCC12CCN(C(=O)c1ccoc1C)C2. The lowest BCUT2D eigenvalue weighted by Crippen LogP contribution is -2.40. The van der Waals surface area contributed by atoms with Crippen molar-refractivity contribution < 1.29 is 14.0 Å². The van der Waals surface area contributed by atoms with Crippen LogP contribution in [0.3, 0.4) is 0 Å². The van der Waals surface area contributed by atoms with Gasteiger partial charge in [0.2, 0.25) is 5.91 Å². The number of amides is 2. The van der Waals surface area contributed by atoms with Crippen molar-refractivity contribution in [3.8, 4) is 0 Å². The largest absolute Gasteiger partial charge is 0.469 e.